The first kappa shape index (κ1) is 19.2. The molecule has 0 aliphatic carbocycles. The van der Waals surface area contributed by atoms with E-state index in [2.05, 4.69) is 16.0 Å². The van der Waals surface area contributed by atoms with Gasteiger partial charge in [0, 0.05) is 18.2 Å². The minimum atomic E-state index is -0.582. The Morgan fingerprint density at radius 1 is 1.27 bits per heavy atom. The number of benzene rings is 2. The van der Waals surface area contributed by atoms with E-state index in [9.17, 15) is 14.7 Å². The van der Waals surface area contributed by atoms with Crippen molar-refractivity contribution >= 4 is 23.5 Å². The Kier molecular flexibility index (Phi) is 6.48. The topological polar surface area (TPSA) is 84.9 Å². The zero-order valence-electron chi connectivity index (χ0n) is 13.9. The molecule has 0 saturated heterocycles. The van der Waals surface area contributed by atoms with Gasteiger partial charge in [-0.25, -0.2) is 4.79 Å². The number of carbonyl (C=O) groups is 2. The molecule has 7 heteroatoms. The summed E-state index contributed by atoms with van der Waals surface area (Å²) < 4.78 is 9.86. The fourth-order valence-corrected chi connectivity index (χ4v) is 2.43. The predicted molar refractivity (Wildman–Crippen MR) is 96.4 cm³/mol. The molecule has 0 saturated carbocycles. The summed E-state index contributed by atoms with van der Waals surface area (Å²) in [5.41, 5.74) is 1.09. The van der Waals surface area contributed by atoms with E-state index in [-0.39, 0.29) is 35.1 Å². The summed E-state index contributed by atoms with van der Waals surface area (Å²) in [4.78, 5) is 23.8. The quantitative estimate of drug-likeness (QED) is 0.600. The number of methoxy groups -OCH3 is 1. The van der Waals surface area contributed by atoms with E-state index in [1.807, 2.05) is 0 Å². The van der Waals surface area contributed by atoms with Gasteiger partial charge in [-0.05, 0) is 35.9 Å². The van der Waals surface area contributed by atoms with E-state index in [0.29, 0.717) is 11.3 Å². The zero-order chi connectivity index (χ0) is 19.1. The number of phenolic OH excluding ortho intramolecular Hbond substituents is 1. The highest BCUT2D eigenvalue weighted by atomic mass is 35.5. The molecule has 0 fully saturated rings. The number of hydrogen-bond acceptors (Lipinski definition) is 5. The second-order valence-electron chi connectivity index (χ2n) is 5.20. The van der Waals surface area contributed by atoms with Gasteiger partial charge < -0.3 is 19.9 Å². The highest BCUT2D eigenvalue weighted by Gasteiger charge is 2.14. The molecular weight excluding hydrogens is 358 g/mol. The first-order chi connectivity index (χ1) is 12.4. The van der Waals surface area contributed by atoms with E-state index < -0.39 is 11.9 Å². The molecule has 6 nitrogen and oxygen atoms in total. The van der Waals surface area contributed by atoms with Crippen LogP contribution >= 0.6 is 11.6 Å². The lowest BCUT2D eigenvalue weighted by Crippen LogP contribution is -2.23. The standard InChI is InChI=1S/C19H16ClNO5/c1-3-6-26-15-8-12(7-14(22)10-15)11-21-18(23)13-4-5-16(17(20)9-13)19(24)25-2/h1,4-5,7-10,22H,6,11H2,2H3,(H,21,23). The Balaban J connectivity index is 2.07. The van der Waals surface area contributed by atoms with Crippen LogP contribution in [0.25, 0.3) is 0 Å². The van der Waals surface area contributed by atoms with Crippen molar-refractivity contribution in [3.05, 3.63) is 58.1 Å². The van der Waals surface area contributed by atoms with Gasteiger partial charge in [-0.3, -0.25) is 4.79 Å². The van der Waals surface area contributed by atoms with E-state index in [0.717, 1.165) is 0 Å². The Morgan fingerprint density at radius 3 is 2.69 bits per heavy atom. The molecule has 134 valence electrons. The number of amides is 1. The van der Waals surface area contributed by atoms with Crippen LogP contribution in [0.4, 0.5) is 0 Å². The van der Waals surface area contributed by atoms with Gasteiger partial charge in [0.2, 0.25) is 0 Å². The van der Waals surface area contributed by atoms with Gasteiger partial charge in [-0.2, -0.15) is 0 Å². The fourth-order valence-electron chi connectivity index (χ4n) is 2.17. The number of esters is 1. The van der Waals surface area contributed by atoms with Crippen molar-refractivity contribution in [2.75, 3.05) is 13.7 Å². The summed E-state index contributed by atoms with van der Waals surface area (Å²) in [6.07, 6.45) is 5.13. The van der Waals surface area contributed by atoms with Crippen LogP contribution in [-0.2, 0) is 11.3 Å². The summed E-state index contributed by atoms with van der Waals surface area (Å²) >= 11 is 6.01. The molecule has 0 aliphatic heterocycles. The van der Waals surface area contributed by atoms with Crippen LogP contribution in [-0.4, -0.2) is 30.7 Å². The third-order valence-electron chi connectivity index (χ3n) is 3.36. The van der Waals surface area contributed by atoms with Gasteiger partial charge in [-0.15, -0.1) is 6.42 Å². The highest BCUT2D eigenvalue weighted by molar-refractivity contribution is 6.34. The first-order valence-corrected chi connectivity index (χ1v) is 7.87. The molecule has 0 aliphatic rings. The van der Waals surface area contributed by atoms with Crippen molar-refractivity contribution < 1.29 is 24.2 Å². The molecule has 2 aromatic carbocycles. The molecule has 0 heterocycles. The fraction of sp³-hybridized carbons (Fsp3) is 0.158. The molecule has 2 aromatic rings. The third-order valence-corrected chi connectivity index (χ3v) is 3.68. The second-order valence-corrected chi connectivity index (χ2v) is 5.60. The number of terminal acetylenes is 1. The SMILES string of the molecule is C#CCOc1cc(O)cc(CNC(=O)c2ccc(C(=O)OC)c(Cl)c2)c1. The second kappa shape index (κ2) is 8.79. The van der Waals surface area contributed by atoms with E-state index in [1.165, 1.54) is 37.4 Å². The van der Waals surface area contributed by atoms with E-state index >= 15 is 0 Å². The number of carbonyl (C=O) groups excluding carboxylic acids is 2. The van der Waals surface area contributed by atoms with Crippen LogP contribution in [0.3, 0.4) is 0 Å². The average molecular weight is 374 g/mol. The minimum Gasteiger partial charge on any atom is -0.508 e. The Labute approximate surface area is 155 Å². The molecule has 26 heavy (non-hydrogen) atoms. The summed E-state index contributed by atoms with van der Waals surface area (Å²) in [7, 11) is 1.25. The minimum absolute atomic E-state index is 0.00533. The summed E-state index contributed by atoms with van der Waals surface area (Å²) in [6.45, 7) is 0.219. The largest absolute Gasteiger partial charge is 0.508 e. The smallest absolute Gasteiger partial charge is 0.339 e. The molecule has 0 spiro atoms. The maximum Gasteiger partial charge on any atom is 0.339 e. The molecular formula is C19H16ClNO5. The number of aromatic hydroxyl groups is 1. The van der Waals surface area contributed by atoms with E-state index in [4.69, 9.17) is 22.8 Å². The third kappa shape index (κ3) is 4.91. The lowest BCUT2D eigenvalue weighted by Gasteiger charge is -2.10. The molecule has 0 radical (unpaired) electrons. The normalized spacial score (nSPS) is 9.88. The van der Waals surface area contributed by atoms with Crippen LogP contribution < -0.4 is 10.1 Å². The van der Waals surface area contributed by atoms with Gasteiger partial charge >= 0.3 is 5.97 Å². The predicted octanol–water partition coefficient (Wildman–Crippen LogP) is 2.77. The Hall–Kier alpha value is -3.17. The van der Waals surface area contributed by atoms with Crippen molar-refractivity contribution in [1.82, 2.24) is 5.32 Å². The highest BCUT2D eigenvalue weighted by Crippen LogP contribution is 2.22. The molecule has 0 aromatic heterocycles. The zero-order valence-corrected chi connectivity index (χ0v) is 14.7. The first-order valence-electron chi connectivity index (χ1n) is 7.50. The number of rotatable bonds is 6. The van der Waals surface area contributed by atoms with Gasteiger partial charge in [0.15, 0.2) is 0 Å². The molecule has 1 amide bonds. The molecule has 2 N–H and O–H groups in total. The van der Waals surface area contributed by atoms with Crippen LogP contribution in [0.5, 0.6) is 11.5 Å². The Morgan fingerprint density at radius 2 is 2.04 bits per heavy atom. The molecule has 0 unspecified atom stereocenters. The molecule has 0 bridgehead atoms. The van der Waals surface area contributed by atoms with Gasteiger partial charge in [0.1, 0.15) is 18.1 Å². The summed E-state index contributed by atoms with van der Waals surface area (Å²) in [6, 6.07) is 8.85. The van der Waals surface area contributed by atoms with Crippen molar-refractivity contribution in [2.24, 2.45) is 0 Å². The number of halogens is 1. The number of hydrogen-bond donors (Lipinski definition) is 2. The van der Waals surface area contributed by atoms with E-state index in [1.54, 1.807) is 6.07 Å². The van der Waals surface area contributed by atoms with Crippen LogP contribution in [0.2, 0.25) is 5.02 Å². The van der Waals surface area contributed by atoms with Crippen molar-refractivity contribution in [3.8, 4) is 23.8 Å². The van der Waals surface area contributed by atoms with Crippen molar-refractivity contribution in [1.29, 1.82) is 0 Å². The number of nitrogens with one attached hydrogen (secondary N) is 1. The van der Waals surface area contributed by atoms with Gasteiger partial charge in [0.05, 0.1) is 17.7 Å². The number of phenols is 1. The van der Waals surface area contributed by atoms with Crippen LogP contribution in [0.1, 0.15) is 26.3 Å². The van der Waals surface area contributed by atoms with Crippen LogP contribution in [0, 0.1) is 12.3 Å². The van der Waals surface area contributed by atoms with Gasteiger partial charge in [-0.1, -0.05) is 17.5 Å². The maximum absolute atomic E-state index is 12.3. The number of ether oxygens (including phenoxy) is 2. The molecule has 0 atom stereocenters. The maximum atomic E-state index is 12.3. The lowest BCUT2D eigenvalue weighted by atomic mass is 10.1. The monoisotopic (exact) mass is 373 g/mol. The van der Waals surface area contributed by atoms with Crippen LogP contribution in [0.15, 0.2) is 36.4 Å². The van der Waals surface area contributed by atoms with Crippen molar-refractivity contribution in [2.45, 2.75) is 6.54 Å². The van der Waals surface area contributed by atoms with Crippen molar-refractivity contribution in [3.63, 3.8) is 0 Å². The average Bonchev–Trinajstić information content (AvgIpc) is 2.63. The summed E-state index contributed by atoms with van der Waals surface area (Å²) in [5, 5.41) is 12.5. The lowest BCUT2D eigenvalue weighted by molar-refractivity contribution is 0.0600. The molecule has 2 rings (SSSR count). The van der Waals surface area contributed by atoms with Gasteiger partial charge in [0.25, 0.3) is 5.91 Å². The summed E-state index contributed by atoms with van der Waals surface area (Å²) in [5.74, 6) is 1.75. The Bertz CT molecular complexity index is 873.